The molecule has 8 heteroatoms. The molecule has 0 bridgehead atoms. The maximum absolute atomic E-state index is 12.8. The summed E-state index contributed by atoms with van der Waals surface area (Å²) in [6.45, 7) is 4.52. The van der Waals surface area contributed by atoms with Crippen LogP contribution in [-0.2, 0) is 20.6 Å². The second-order valence-electron chi connectivity index (χ2n) is 7.76. The van der Waals surface area contributed by atoms with Crippen molar-refractivity contribution in [3.05, 3.63) is 59.1 Å². The molecule has 1 N–H and O–H groups in total. The van der Waals surface area contributed by atoms with Crippen LogP contribution in [0.1, 0.15) is 32.3 Å². The van der Waals surface area contributed by atoms with Gasteiger partial charge < -0.3 is 10.1 Å². The third-order valence-electron chi connectivity index (χ3n) is 4.90. The normalized spacial score (nSPS) is 17.7. The maximum Gasteiger partial charge on any atom is 0.228 e. The molecule has 2 aromatic carbocycles. The highest BCUT2D eigenvalue weighted by atomic mass is 35.5. The van der Waals surface area contributed by atoms with Crippen molar-refractivity contribution < 1.29 is 17.9 Å². The number of piperidine rings is 1. The Morgan fingerprint density at radius 3 is 2.47 bits per heavy atom. The summed E-state index contributed by atoms with van der Waals surface area (Å²) >= 11 is 5.87. The lowest BCUT2D eigenvalue weighted by Crippen LogP contribution is -2.44. The van der Waals surface area contributed by atoms with Gasteiger partial charge in [-0.2, -0.15) is 0 Å². The highest BCUT2D eigenvalue weighted by molar-refractivity contribution is 7.88. The number of rotatable bonds is 7. The number of ether oxygens (including phenoxy) is 1. The van der Waals surface area contributed by atoms with Crippen LogP contribution in [0, 0.1) is 5.92 Å². The largest absolute Gasteiger partial charge is 0.491 e. The van der Waals surface area contributed by atoms with E-state index in [1.54, 1.807) is 48.5 Å². The summed E-state index contributed by atoms with van der Waals surface area (Å²) in [5.74, 6) is 0.0833. The first-order valence-corrected chi connectivity index (χ1v) is 12.0. The zero-order chi connectivity index (χ0) is 21.7. The number of nitrogens with zero attached hydrogens (tertiary/aromatic N) is 1. The second-order valence-corrected chi connectivity index (χ2v) is 10.2. The number of nitrogens with one attached hydrogen (secondary N) is 1. The van der Waals surface area contributed by atoms with Crippen molar-refractivity contribution in [1.82, 2.24) is 4.31 Å². The van der Waals surface area contributed by atoms with Crippen molar-refractivity contribution in [2.75, 3.05) is 18.4 Å². The Morgan fingerprint density at radius 2 is 1.83 bits per heavy atom. The van der Waals surface area contributed by atoms with Gasteiger partial charge in [0.1, 0.15) is 5.75 Å². The average Bonchev–Trinajstić information content (AvgIpc) is 2.71. The van der Waals surface area contributed by atoms with E-state index in [4.69, 9.17) is 16.3 Å². The number of carbonyl (C=O) groups is 1. The Morgan fingerprint density at radius 1 is 1.17 bits per heavy atom. The minimum atomic E-state index is -3.51. The number of anilines is 1. The molecule has 1 saturated heterocycles. The van der Waals surface area contributed by atoms with E-state index in [9.17, 15) is 13.2 Å². The standard InChI is InChI=1S/C22H27ClN2O4S/c1-16(2)29-21-11-9-20(10-12-21)24-22(26)18-4-3-13-25(14-18)30(27,28)15-17-5-7-19(23)8-6-17/h5-12,16,18H,3-4,13-15H2,1-2H3,(H,24,26)/t18-/m1/s1. The van der Waals surface area contributed by atoms with E-state index in [1.807, 2.05) is 13.8 Å². The van der Waals surface area contributed by atoms with Crippen molar-refractivity contribution in [2.24, 2.45) is 5.92 Å². The first kappa shape index (κ1) is 22.6. The van der Waals surface area contributed by atoms with Crippen molar-refractivity contribution in [2.45, 2.75) is 38.5 Å². The second kappa shape index (κ2) is 9.81. The average molecular weight is 451 g/mol. The molecule has 3 rings (SSSR count). The Labute approximate surface area is 183 Å². The molecule has 0 saturated carbocycles. The number of hydrogen-bond acceptors (Lipinski definition) is 4. The Hall–Kier alpha value is -2.09. The molecule has 0 aromatic heterocycles. The maximum atomic E-state index is 12.8. The summed E-state index contributed by atoms with van der Waals surface area (Å²) < 4.78 is 32.7. The van der Waals surface area contributed by atoms with E-state index in [0.717, 1.165) is 5.75 Å². The molecular weight excluding hydrogens is 424 g/mol. The molecule has 30 heavy (non-hydrogen) atoms. The third kappa shape index (κ3) is 6.20. The molecule has 2 aromatic rings. The van der Waals surface area contributed by atoms with Crippen LogP contribution in [0.25, 0.3) is 0 Å². The summed E-state index contributed by atoms with van der Waals surface area (Å²) in [5.41, 5.74) is 1.34. The van der Waals surface area contributed by atoms with Crippen molar-refractivity contribution in [3.8, 4) is 5.75 Å². The molecule has 0 aliphatic carbocycles. The predicted octanol–water partition coefficient (Wildman–Crippen LogP) is 4.31. The molecule has 1 amide bonds. The molecule has 0 spiro atoms. The van der Waals surface area contributed by atoms with Gasteiger partial charge in [-0.3, -0.25) is 4.79 Å². The van der Waals surface area contributed by atoms with Gasteiger partial charge in [0.15, 0.2) is 0 Å². The molecule has 1 aliphatic heterocycles. The summed E-state index contributed by atoms with van der Waals surface area (Å²) in [6.07, 6.45) is 1.39. The zero-order valence-electron chi connectivity index (χ0n) is 17.2. The van der Waals surface area contributed by atoms with Gasteiger partial charge in [-0.05, 0) is 68.7 Å². The molecule has 0 radical (unpaired) electrons. The predicted molar refractivity (Wildman–Crippen MR) is 119 cm³/mol. The van der Waals surface area contributed by atoms with Gasteiger partial charge in [0.05, 0.1) is 17.8 Å². The molecule has 1 heterocycles. The van der Waals surface area contributed by atoms with Crippen LogP contribution < -0.4 is 10.1 Å². The van der Waals surface area contributed by atoms with E-state index < -0.39 is 10.0 Å². The summed E-state index contributed by atoms with van der Waals surface area (Å²) in [4.78, 5) is 12.7. The zero-order valence-corrected chi connectivity index (χ0v) is 18.7. The topological polar surface area (TPSA) is 75.7 Å². The Kier molecular flexibility index (Phi) is 7.39. The van der Waals surface area contributed by atoms with E-state index in [1.165, 1.54) is 4.31 Å². The van der Waals surface area contributed by atoms with E-state index in [0.29, 0.717) is 35.7 Å². The number of amides is 1. The fourth-order valence-electron chi connectivity index (χ4n) is 3.42. The lowest BCUT2D eigenvalue weighted by atomic mass is 9.99. The third-order valence-corrected chi connectivity index (χ3v) is 6.97. The van der Waals surface area contributed by atoms with Crippen molar-refractivity contribution in [3.63, 3.8) is 0 Å². The Bertz CT molecular complexity index is 960. The van der Waals surface area contributed by atoms with Gasteiger partial charge in [-0.25, -0.2) is 12.7 Å². The lowest BCUT2D eigenvalue weighted by Gasteiger charge is -2.31. The Balaban J connectivity index is 1.60. The van der Waals surface area contributed by atoms with Gasteiger partial charge in [-0.1, -0.05) is 23.7 Å². The van der Waals surface area contributed by atoms with Crippen molar-refractivity contribution >= 4 is 33.2 Å². The van der Waals surface area contributed by atoms with Crippen LogP contribution in [-0.4, -0.2) is 37.8 Å². The van der Waals surface area contributed by atoms with Crippen LogP contribution in [0.4, 0.5) is 5.69 Å². The molecular formula is C22H27ClN2O4S. The van der Waals surface area contributed by atoms with Gasteiger partial charge in [0, 0.05) is 23.8 Å². The summed E-state index contributed by atoms with van der Waals surface area (Å²) in [6, 6.07) is 14.0. The minimum absolute atomic E-state index is 0.0773. The molecule has 162 valence electrons. The first-order chi connectivity index (χ1) is 14.2. The molecule has 6 nitrogen and oxygen atoms in total. The van der Waals surface area contributed by atoms with Gasteiger partial charge in [-0.15, -0.1) is 0 Å². The molecule has 1 aliphatic rings. The highest BCUT2D eigenvalue weighted by Crippen LogP contribution is 2.24. The van der Waals surface area contributed by atoms with Crippen LogP contribution in [0.5, 0.6) is 5.75 Å². The first-order valence-electron chi connectivity index (χ1n) is 10.0. The van der Waals surface area contributed by atoms with Crippen LogP contribution in [0.2, 0.25) is 5.02 Å². The number of benzene rings is 2. The molecule has 0 unspecified atom stereocenters. The van der Waals surface area contributed by atoms with Crippen LogP contribution >= 0.6 is 11.6 Å². The van der Waals surface area contributed by atoms with E-state index in [-0.39, 0.29) is 30.2 Å². The minimum Gasteiger partial charge on any atom is -0.491 e. The quantitative estimate of drug-likeness (QED) is 0.682. The SMILES string of the molecule is CC(C)Oc1ccc(NC(=O)[C@@H]2CCCN(S(=O)(=O)Cc3ccc(Cl)cc3)C2)cc1. The van der Waals surface area contributed by atoms with Gasteiger partial charge in [0.2, 0.25) is 15.9 Å². The number of carbonyl (C=O) groups excluding carboxylic acids is 1. The highest BCUT2D eigenvalue weighted by Gasteiger charge is 2.32. The molecule has 1 fully saturated rings. The summed E-state index contributed by atoms with van der Waals surface area (Å²) in [7, 11) is -3.51. The number of sulfonamides is 1. The van der Waals surface area contributed by atoms with E-state index in [2.05, 4.69) is 5.32 Å². The van der Waals surface area contributed by atoms with Crippen LogP contribution in [0.3, 0.4) is 0 Å². The smallest absolute Gasteiger partial charge is 0.228 e. The van der Waals surface area contributed by atoms with Gasteiger partial charge >= 0.3 is 0 Å². The monoisotopic (exact) mass is 450 g/mol. The van der Waals surface area contributed by atoms with E-state index >= 15 is 0 Å². The number of hydrogen-bond donors (Lipinski definition) is 1. The fraction of sp³-hybridized carbons (Fsp3) is 0.409. The van der Waals surface area contributed by atoms with Gasteiger partial charge in [0.25, 0.3) is 0 Å². The number of halogens is 1. The summed E-state index contributed by atoms with van der Waals surface area (Å²) in [5, 5.41) is 3.45. The van der Waals surface area contributed by atoms with Crippen molar-refractivity contribution in [1.29, 1.82) is 0 Å². The fourth-order valence-corrected chi connectivity index (χ4v) is 5.16. The van der Waals surface area contributed by atoms with Crippen LogP contribution in [0.15, 0.2) is 48.5 Å². The molecule has 1 atom stereocenters. The lowest BCUT2D eigenvalue weighted by molar-refractivity contribution is -0.120.